The summed E-state index contributed by atoms with van der Waals surface area (Å²) in [5, 5.41) is 13.9. The average Bonchev–Trinajstić information content (AvgIpc) is 3.05. The Morgan fingerprint density at radius 2 is 1.92 bits per heavy atom. The fourth-order valence-corrected chi connectivity index (χ4v) is 3.93. The lowest BCUT2D eigenvalue weighted by Crippen LogP contribution is -2.37. The van der Waals surface area contributed by atoms with Gasteiger partial charge in [-0.2, -0.15) is 0 Å². The largest absolute Gasteiger partial charge is 0.383 e. The highest BCUT2D eigenvalue weighted by Gasteiger charge is 2.39. The molecular formula is C20H24N2O2S. The molecule has 5 heteroatoms. The van der Waals surface area contributed by atoms with E-state index in [-0.39, 0.29) is 6.03 Å². The van der Waals surface area contributed by atoms with Crippen LogP contribution < -0.4 is 5.32 Å². The second kappa shape index (κ2) is 7.93. The van der Waals surface area contributed by atoms with E-state index in [1.165, 1.54) is 0 Å². The van der Waals surface area contributed by atoms with Crippen molar-refractivity contribution in [3.63, 3.8) is 0 Å². The maximum Gasteiger partial charge on any atom is 0.321 e. The van der Waals surface area contributed by atoms with Crippen molar-refractivity contribution in [2.45, 2.75) is 30.3 Å². The van der Waals surface area contributed by atoms with Crippen LogP contribution in [0.3, 0.4) is 0 Å². The Bertz CT molecular complexity index is 723. The number of nitrogens with one attached hydrogen (secondary N) is 1. The van der Waals surface area contributed by atoms with Crippen molar-refractivity contribution in [1.29, 1.82) is 0 Å². The molecule has 0 aromatic heterocycles. The predicted molar refractivity (Wildman–Crippen MR) is 103 cm³/mol. The molecule has 1 aliphatic heterocycles. The third kappa shape index (κ3) is 4.17. The monoisotopic (exact) mass is 356 g/mol. The van der Waals surface area contributed by atoms with Gasteiger partial charge in [0, 0.05) is 11.4 Å². The number of thioether (sulfide) groups is 1. The van der Waals surface area contributed by atoms with Crippen LogP contribution in [0.1, 0.15) is 25.3 Å². The maximum atomic E-state index is 12.7. The minimum absolute atomic E-state index is 0.156. The summed E-state index contributed by atoms with van der Waals surface area (Å²) in [7, 11) is 0. The van der Waals surface area contributed by atoms with Gasteiger partial charge in [-0.15, -0.1) is 11.8 Å². The third-order valence-electron chi connectivity index (χ3n) is 4.44. The van der Waals surface area contributed by atoms with Crippen molar-refractivity contribution >= 4 is 23.5 Å². The number of urea groups is 1. The predicted octanol–water partition coefficient (Wildman–Crippen LogP) is 4.31. The number of carbonyl (C=O) groups excluding carboxylic acids is 1. The van der Waals surface area contributed by atoms with Gasteiger partial charge in [0.15, 0.2) is 0 Å². The molecule has 25 heavy (non-hydrogen) atoms. The number of aliphatic hydroxyl groups is 1. The molecule has 1 heterocycles. The summed E-state index contributed by atoms with van der Waals surface area (Å²) in [5.74, 6) is 1.02. The summed E-state index contributed by atoms with van der Waals surface area (Å²) in [6.07, 6.45) is 1.64. The van der Waals surface area contributed by atoms with Crippen LogP contribution in [0.15, 0.2) is 59.5 Å². The number of carbonyl (C=O) groups is 1. The van der Waals surface area contributed by atoms with E-state index >= 15 is 0 Å². The molecule has 4 nitrogen and oxygen atoms in total. The number of benzene rings is 2. The first kappa shape index (κ1) is 17.8. The Kier molecular flexibility index (Phi) is 5.66. The number of β-amino-alcohol motifs (C(OH)–C–C–N with tert-alkyl or cyclic N) is 1. The first-order valence-corrected chi connectivity index (χ1v) is 9.66. The second-order valence-electron chi connectivity index (χ2n) is 6.34. The Labute approximate surface area is 153 Å². The summed E-state index contributed by atoms with van der Waals surface area (Å²) < 4.78 is 0. The summed E-state index contributed by atoms with van der Waals surface area (Å²) in [6.45, 7) is 3.00. The third-order valence-corrected chi connectivity index (χ3v) is 5.72. The number of amides is 2. The molecule has 0 unspecified atom stereocenters. The number of hydrogen-bond donors (Lipinski definition) is 2. The molecule has 2 aromatic carbocycles. The molecule has 1 saturated heterocycles. The SMILES string of the molecule is CCCSc1ccccc1NC(=O)N1CC[C@](O)(c2ccccc2)C1. The van der Waals surface area contributed by atoms with Gasteiger partial charge in [0.2, 0.25) is 0 Å². The van der Waals surface area contributed by atoms with Gasteiger partial charge in [-0.3, -0.25) is 0 Å². The highest BCUT2D eigenvalue weighted by molar-refractivity contribution is 7.99. The molecule has 132 valence electrons. The summed E-state index contributed by atoms with van der Waals surface area (Å²) >= 11 is 1.75. The van der Waals surface area contributed by atoms with Crippen LogP contribution in [0.2, 0.25) is 0 Å². The van der Waals surface area contributed by atoms with Crippen molar-refractivity contribution in [2.75, 3.05) is 24.2 Å². The molecule has 0 aliphatic carbocycles. The topological polar surface area (TPSA) is 52.6 Å². The van der Waals surface area contributed by atoms with Gasteiger partial charge in [0.25, 0.3) is 0 Å². The van der Waals surface area contributed by atoms with Crippen LogP contribution in [0.5, 0.6) is 0 Å². The first-order valence-electron chi connectivity index (χ1n) is 8.68. The van der Waals surface area contributed by atoms with E-state index in [1.54, 1.807) is 16.7 Å². The first-order chi connectivity index (χ1) is 12.1. The van der Waals surface area contributed by atoms with E-state index in [0.29, 0.717) is 19.5 Å². The summed E-state index contributed by atoms with van der Waals surface area (Å²) in [6, 6.07) is 17.3. The normalized spacial score (nSPS) is 19.8. The van der Waals surface area contributed by atoms with Gasteiger partial charge in [0.05, 0.1) is 12.2 Å². The van der Waals surface area contributed by atoms with Crippen LogP contribution in [-0.4, -0.2) is 34.9 Å². The minimum atomic E-state index is -0.963. The number of hydrogen-bond acceptors (Lipinski definition) is 3. The molecule has 1 atom stereocenters. The smallest absolute Gasteiger partial charge is 0.321 e. The Balaban J connectivity index is 1.67. The van der Waals surface area contributed by atoms with Crippen molar-refractivity contribution < 1.29 is 9.90 Å². The standard InChI is InChI=1S/C20H24N2O2S/c1-2-14-25-18-11-7-6-10-17(18)21-19(23)22-13-12-20(24,15-22)16-8-4-3-5-9-16/h3-11,24H,2,12-15H2,1H3,(H,21,23)/t20-/m1/s1. The van der Waals surface area contributed by atoms with Crippen LogP contribution in [0, 0.1) is 0 Å². The van der Waals surface area contributed by atoms with Gasteiger partial charge in [-0.05, 0) is 36.3 Å². The molecule has 0 spiro atoms. The van der Waals surface area contributed by atoms with Crippen LogP contribution in [0.4, 0.5) is 10.5 Å². The highest BCUT2D eigenvalue weighted by Crippen LogP contribution is 2.33. The van der Waals surface area contributed by atoms with Crippen molar-refractivity contribution in [3.8, 4) is 0 Å². The number of nitrogens with zero attached hydrogens (tertiary/aromatic N) is 1. The lowest BCUT2D eigenvalue weighted by atomic mass is 9.93. The van der Waals surface area contributed by atoms with Gasteiger partial charge in [-0.25, -0.2) is 4.79 Å². The number of likely N-dealkylation sites (tertiary alicyclic amines) is 1. The summed E-state index contributed by atoms with van der Waals surface area (Å²) in [4.78, 5) is 15.4. The molecule has 2 aromatic rings. The zero-order valence-corrected chi connectivity index (χ0v) is 15.3. The minimum Gasteiger partial charge on any atom is -0.383 e. The summed E-state index contributed by atoms with van der Waals surface area (Å²) in [5.41, 5.74) is 0.736. The van der Waals surface area contributed by atoms with Gasteiger partial charge < -0.3 is 15.3 Å². The average molecular weight is 356 g/mol. The molecule has 1 fully saturated rings. The zero-order valence-electron chi connectivity index (χ0n) is 14.4. The highest BCUT2D eigenvalue weighted by atomic mass is 32.2. The Morgan fingerprint density at radius 3 is 2.68 bits per heavy atom. The van der Waals surface area contributed by atoms with Gasteiger partial charge in [0.1, 0.15) is 5.60 Å². The van der Waals surface area contributed by atoms with Gasteiger partial charge in [-0.1, -0.05) is 49.4 Å². The maximum absolute atomic E-state index is 12.7. The molecule has 2 amide bonds. The zero-order chi connectivity index (χ0) is 17.7. The number of anilines is 1. The van der Waals surface area contributed by atoms with Crippen LogP contribution in [-0.2, 0) is 5.60 Å². The van der Waals surface area contributed by atoms with Crippen molar-refractivity contribution in [2.24, 2.45) is 0 Å². The van der Waals surface area contributed by atoms with Crippen LogP contribution >= 0.6 is 11.8 Å². The fraction of sp³-hybridized carbons (Fsp3) is 0.350. The number of rotatable bonds is 5. The lowest BCUT2D eigenvalue weighted by molar-refractivity contribution is 0.0500. The van der Waals surface area contributed by atoms with E-state index < -0.39 is 5.60 Å². The molecule has 0 bridgehead atoms. The van der Waals surface area contributed by atoms with Gasteiger partial charge >= 0.3 is 6.03 Å². The quantitative estimate of drug-likeness (QED) is 0.785. The van der Waals surface area contributed by atoms with E-state index in [2.05, 4.69) is 12.2 Å². The number of para-hydroxylation sites is 1. The van der Waals surface area contributed by atoms with E-state index in [1.807, 2.05) is 54.6 Å². The molecule has 2 N–H and O–H groups in total. The second-order valence-corrected chi connectivity index (χ2v) is 7.48. The van der Waals surface area contributed by atoms with E-state index in [4.69, 9.17) is 0 Å². The Hall–Kier alpha value is -1.98. The molecule has 0 radical (unpaired) electrons. The van der Waals surface area contributed by atoms with Crippen molar-refractivity contribution in [1.82, 2.24) is 4.90 Å². The van der Waals surface area contributed by atoms with Crippen LogP contribution in [0.25, 0.3) is 0 Å². The van der Waals surface area contributed by atoms with E-state index in [9.17, 15) is 9.90 Å². The Morgan fingerprint density at radius 1 is 1.20 bits per heavy atom. The van der Waals surface area contributed by atoms with Crippen molar-refractivity contribution in [3.05, 3.63) is 60.2 Å². The molecular weight excluding hydrogens is 332 g/mol. The molecule has 0 saturated carbocycles. The lowest BCUT2D eigenvalue weighted by Gasteiger charge is -2.24. The molecule has 3 rings (SSSR count). The van der Waals surface area contributed by atoms with E-state index in [0.717, 1.165) is 28.3 Å². The molecule has 1 aliphatic rings. The fourth-order valence-electron chi connectivity index (χ4n) is 3.05.